The fourth-order valence-electron chi connectivity index (χ4n) is 4.65. The molecule has 3 aliphatic rings. The lowest BCUT2D eigenvalue weighted by Crippen LogP contribution is -2.40. The fraction of sp³-hybridized carbons (Fsp3) is 0.700. The quantitative estimate of drug-likeness (QED) is 0.853. The van der Waals surface area contributed by atoms with Gasteiger partial charge in [0.05, 0.1) is 6.61 Å². The third-order valence-electron chi connectivity index (χ3n) is 5.94. The van der Waals surface area contributed by atoms with Crippen molar-refractivity contribution in [1.82, 2.24) is 9.80 Å². The van der Waals surface area contributed by atoms with Crippen LogP contribution in [0.15, 0.2) is 24.3 Å². The Kier molecular flexibility index (Phi) is 4.98. The van der Waals surface area contributed by atoms with Crippen molar-refractivity contribution in [3.8, 4) is 0 Å². The topological polar surface area (TPSA) is 15.7 Å². The van der Waals surface area contributed by atoms with Gasteiger partial charge in [0, 0.05) is 32.3 Å². The highest BCUT2D eigenvalue weighted by molar-refractivity contribution is 5.33. The first-order chi connectivity index (χ1) is 11.4. The summed E-state index contributed by atoms with van der Waals surface area (Å²) < 4.78 is 5.66. The molecule has 0 radical (unpaired) electrons. The molecule has 2 heterocycles. The maximum absolute atomic E-state index is 5.66. The van der Waals surface area contributed by atoms with Crippen molar-refractivity contribution in [3.05, 3.63) is 35.4 Å². The van der Waals surface area contributed by atoms with Crippen molar-refractivity contribution in [1.29, 1.82) is 0 Å². The molecule has 1 atom stereocenters. The van der Waals surface area contributed by atoms with Gasteiger partial charge in [0.2, 0.25) is 0 Å². The molecule has 0 N–H and O–H groups in total. The van der Waals surface area contributed by atoms with Crippen molar-refractivity contribution >= 4 is 0 Å². The highest BCUT2D eigenvalue weighted by Gasteiger charge is 2.28. The second kappa shape index (κ2) is 7.33. The Balaban J connectivity index is 1.30. The molecule has 0 amide bonds. The van der Waals surface area contributed by atoms with Gasteiger partial charge in [0.25, 0.3) is 0 Å². The van der Waals surface area contributed by atoms with Crippen LogP contribution in [0.3, 0.4) is 0 Å². The van der Waals surface area contributed by atoms with Crippen molar-refractivity contribution in [3.63, 3.8) is 0 Å². The van der Waals surface area contributed by atoms with Gasteiger partial charge in [-0.05, 0) is 62.2 Å². The molecule has 23 heavy (non-hydrogen) atoms. The molecule has 0 saturated carbocycles. The van der Waals surface area contributed by atoms with E-state index in [9.17, 15) is 0 Å². The molecular formula is C20H30N2O. The van der Waals surface area contributed by atoms with Gasteiger partial charge in [0.15, 0.2) is 0 Å². The Morgan fingerprint density at radius 1 is 0.957 bits per heavy atom. The van der Waals surface area contributed by atoms with Gasteiger partial charge in [-0.25, -0.2) is 0 Å². The second-order valence-corrected chi connectivity index (χ2v) is 7.60. The molecular weight excluding hydrogens is 284 g/mol. The van der Waals surface area contributed by atoms with E-state index in [1.807, 2.05) is 0 Å². The Hall–Kier alpha value is -0.900. The third-order valence-corrected chi connectivity index (χ3v) is 5.94. The summed E-state index contributed by atoms with van der Waals surface area (Å²) in [6.07, 6.45) is 6.45. The molecule has 0 bridgehead atoms. The Bertz CT molecular complexity index is 487. The Morgan fingerprint density at radius 2 is 1.78 bits per heavy atom. The van der Waals surface area contributed by atoms with E-state index >= 15 is 0 Å². The predicted octanol–water partition coefficient (Wildman–Crippen LogP) is 2.59. The summed E-state index contributed by atoms with van der Waals surface area (Å²) in [5, 5.41) is 0. The van der Waals surface area contributed by atoms with E-state index in [0.717, 1.165) is 25.2 Å². The first kappa shape index (κ1) is 15.6. The van der Waals surface area contributed by atoms with Crippen LogP contribution < -0.4 is 0 Å². The van der Waals surface area contributed by atoms with Gasteiger partial charge < -0.3 is 9.64 Å². The average Bonchev–Trinajstić information content (AvgIpc) is 2.89. The number of hydrogen-bond acceptors (Lipinski definition) is 3. The van der Waals surface area contributed by atoms with Gasteiger partial charge in [0.1, 0.15) is 0 Å². The van der Waals surface area contributed by atoms with Crippen LogP contribution in [0.5, 0.6) is 0 Å². The monoisotopic (exact) mass is 314 g/mol. The van der Waals surface area contributed by atoms with E-state index in [2.05, 4.69) is 34.1 Å². The van der Waals surface area contributed by atoms with Crippen molar-refractivity contribution in [2.75, 3.05) is 45.9 Å². The molecule has 1 aromatic carbocycles. The fourth-order valence-corrected chi connectivity index (χ4v) is 4.65. The SMILES string of the molecule is c1ccc2c(c1)CC(N1CCCN(C[C@@H]3CCCOC3)CC1)C2. The molecule has 2 saturated heterocycles. The zero-order valence-corrected chi connectivity index (χ0v) is 14.3. The zero-order chi connectivity index (χ0) is 15.5. The van der Waals surface area contributed by atoms with Crippen LogP contribution in [0.4, 0.5) is 0 Å². The maximum atomic E-state index is 5.66. The average molecular weight is 314 g/mol. The highest BCUT2D eigenvalue weighted by Crippen LogP contribution is 2.26. The van der Waals surface area contributed by atoms with Gasteiger partial charge in [-0.15, -0.1) is 0 Å². The first-order valence-corrected chi connectivity index (χ1v) is 9.49. The van der Waals surface area contributed by atoms with E-state index in [4.69, 9.17) is 4.74 Å². The van der Waals surface area contributed by atoms with Crippen molar-refractivity contribution in [2.45, 2.75) is 38.1 Å². The number of nitrogens with zero attached hydrogens (tertiary/aromatic N) is 2. The van der Waals surface area contributed by atoms with Crippen LogP contribution in [-0.2, 0) is 17.6 Å². The van der Waals surface area contributed by atoms with Crippen LogP contribution in [0.1, 0.15) is 30.4 Å². The number of benzene rings is 1. The molecule has 126 valence electrons. The molecule has 0 aromatic heterocycles. The largest absolute Gasteiger partial charge is 0.381 e. The predicted molar refractivity (Wildman–Crippen MR) is 93.8 cm³/mol. The van der Waals surface area contributed by atoms with Gasteiger partial charge in [-0.2, -0.15) is 0 Å². The standard InChI is InChI=1S/C20H30N2O/c1-2-7-19-14-20(13-18(19)6-1)22-9-4-8-21(10-11-22)15-17-5-3-12-23-16-17/h1-2,6-7,17,20H,3-5,8-16H2/t17-/m0/s1. The summed E-state index contributed by atoms with van der Waals surface area (Å²) in [4.78, 5) is 5.46. The minimum atomic E-state index is 0.741. The van der Waals surface area contributed by atoms with E-state index in [1.54, 1.807) is 11.1 Å². The molecule has 3 nitrogen and oxygen atoms in total. The van der Waals surface area contributed by atoms with Gasteiger partial charge in [-0.3, -0.25) is 4.90 Å². The smallest absolute Gasteiger partial charge is 0.0506 e. The Morgan fingerprint density at radius 3 is 2.52 bits per heavy atom. The minimum absolute atomic E-state index is 0.741. The molecule has 2 fully saturated rings. The lowest BCUT2D eigenvalue weighted by Gasteiger charge is -2.30. The minimum Gasteiger partial charge on any atom is -0.381 e. The summed E-state index contributed by atoms with van der Waals surface area (Å²) in [6, 6.07) is 9.77. The summed E-state index contributed by atoms with van der Waals surface area (Å²) in [5.74, 6) is 0.769. The highest BCUT2D eigenvalue weighted by atomic mass is 16.5. The zero-order valence-electron chi connectivity index (χ0n) is 14.3. The number of rotatable bonds is 3. The molecule has 0 unspecified atom stereocenters. The summed E-state index contributed by atoms with van der Waals surface area (Å²) in [7, 11) is 0. The molecule has 2 aliphatic heterocycles. The molecule has 0 spiro atoms. The van der Waals surface area contributed by atoms with Crippen LogP contribution in [0.25, 0.3) is 0 Å². The number of ether oxygens (including phenoxy) is 1. The van der Waals surface area contributed by atoms with Crippen molar-refractivity contribution in [2.24, 2.45) is 5.92 Å². The van der Waals surface area contributed by atoms with Crippen LogP contribution in [0.2, 0.25) is 0 Å². The van der Waals surface area contributed by atoms with Crippen LogP contribution >= 0.6 is 0 Å². The van der Waals surface area contributed by atoms with Crippen molar-refractivity contribution < 1.29 is 4.74 Å². The first-order valence-electron chi connectivity index (χ1n) is 9.49. The van der Waals surface area contributed by atoms with Gasteiger partial charge in [-0.1, -0.05) is 24.3 Å². The number of hydrogen-bond donors (Lipinski definition) is 0. The van der Waals surface area contributed by atoms with E-state index < -0.39 is 0 Å². The summed E-state index contributed by atoms with van der Waals surface area (Å²) in [6.45, 7) is 8.24. The second-order valence-electron chi connectivity index (χ2n) is 7.60. The lowest BCUT2D eigenvalue weighted by atomic mass is 10.0. The van der Waals surface area contributed by atoms with Gasteiger partial charge >= 0.3 is 0 Å². The lowest BCUT2D eigenvalue weighted by molar-refractivity contribution is 0.0388. The van der Waals surface area contributed by atoms with Crippen LogP contribution in [-0.4, -0.2) is 61.8 Å². The Labute approximate surface area is 140 Å². The van der Waals surface area contributed by atoms with E-state index in [0.29, 0.717) is 0 Å². The summed E-state index contributed by atoms with van der Waals surface area (Å²) in [5.41, 5.74) is 3.16. The summed E-state index contributed by atoms with van der Waals surface area (Å²) >= 11 is 0. The molecule has 3 heteroatoms. The molecule has 4 rings (SSSR count). The number of fused-ring (bicyclic) bond motifs is 1. The van der Waals surface area contributed by atoms with E-state index in [-0.39, 0.29) is 0 Å². The maximum Gasteiger partial charge on any atom is 0.0506 e. The normalized spacial score (nSPS) is 27.7. The molecule has 1 aliphatic carbocycles. The van der Waals surface area contributed by atoms with E-state index in [1.165, 1.54) is 64.8 Å². The molecule has 1 aromatic rings. The third kappa shape index (κ3) is 3.78. The van der Waals surface area contributed by atoms with Crippen LogP contribution in [0, 0.1) is 5.92 Å².